The number of hydrogen-bond acceptors (Lipinski definition) is 4. The molecule has 0 atom stereocenters. The van der Waals surface area contributed by atoms with Gasteiger partial charge in [0.25, 0.3) is 0 Å². The normalized spacial score (nSPS) is 10.6. The number of methoxy groups -OCH3 is 2. The van der Waals surface area contributed by atoms with Gasteiger partial charge in [-0.3, -0.25) is 4.79 Å². The molecular weight excluding hydrogens is 402 g/mol. The zero-order valence-corrected chi connectivity index (χ0v) is 17.5. The van der Waals surface area contributed by atoms with Gasteiger partial charge in [0.05, 0.1) is 19.2 Å². The van der Waals surface area contributed by atoms with Crippen LogP contribution < -0.4 is 19.5 Å². The largest absolute Gasteiger partial charge is 0.495 e. The predicted octanol–water partition coefficient (Wildman–Crippen LogP) is 5.59. The summed E-state index contributed by atoms with van der Waals surface area (Å²) < 4.78 is 16.4. The average Bonchev–Trinajstić information content (AvgIpc) is 2.77. The van der Waals surface area contributed by atoms with E-state index in [-0.39, 0.29) is 5.91 Å². The third kappa shape index (κ3) is 5.78. The van der Waals surface area contributed by atoms with Crippen LogP contribution in [-0.2, 0) is 11.4 Å². The number of benzene rings is 3. The number of nitrogens with one attached hydrogen (secondary N) is 1. The van der Waals surface area contributed by atoms with Gasteiger partial charge in [0.1, 0.15) is 12.4 Å². The molecule has 0 unspecified atom stereocenters. The first kappa shape index (κ1) is 21.3. The number of hydrogen-bond donors (Lipinski definition) is 1. The summed E-state index contributed by atoms with van der Waals surface area (Å²) in [7, 11) is 3.12. The minimum absolute atomic E-state index is 0.278. The molecule has 0 spiro atoms. The smallest absolute Gasteiger partial charge is 0.248 e. The van der Waals surface area contributed by atoms with Gasteiger partial charge < -0.3 is 19.5 Å². The molecule has 0 radical (unpaired) electrons. The second kappa shape index (κ2) is 10.4. The highest BCUT2D eigenvalue weighted by Crippen LogP contribution is 2.30. The predicted molar refractivity (Wildman–Crippen MR) is 119 cm³/mol. The number of rotatable bonds is 8. The molecule has 0 aromatic heterocycles. The van der Waals surface area contributed by atoms with Crippen LogP contribution in [0.25, 0.3) is 6.08 Å². The van der Waals surface area contributed by atoms with Crippen LogP contribution in [0.2, 0.25) is 5.02 Å². The summed E-state index contributed by atoms with van der Waals surface area (Å²) in [5.74, 6) is 1.50. The molecule has 0 aliphatic rings. The molecule has 0 fully saturated rings. The molecule has 1 amide bonds. The van der Waals surface area contributed by atoms with Crippen molar-refractivity contribution in [3.63, 3.8) is 0 Å². The van der Waals surface area contributed by atoms with E-state index in [1.54, 1.807) is 31.4 Å². The molecule has 0 saturated heterocycles. The molecule has 0 aliphatic heterocycles. The molecule has 0 saturated carbocycles. The number of carbonyl (C=O) groups is 1. The highest BCUT2D eigenvalue weighted by Gasteiger charge is 2.07. The molecule has 0 heterocycles. The SMILES string of the molecule is COc1ccc(NC(=O)/C=C/c2ccc(OCc3ccccc3)c(OC)c2)cc1Cl. The van der Waals surface area contributed by atoms with Gasteiger partial charge in [-0.1, -0.05) is 48.0 Å². The first-order valence-electron chi connectivity index (χ1n) is 9.26. The minimum Gasteiger partial charge on any atom is -0.495 e. The Bertz CT molecular complexity index is 1030. The zero-order valence-electron chi connectivity index (χ0n) is 16.7. The van der Waals surface area contributed by atoms with Crippen molar-refractivity contribution in [2.24, 2.45) is 0 Å². The van der Waals surface area contributed by atoms with E-state index >= 15 is 0 Å². The van der Waals surface area contributed by atoms with Crippen LogP contribution >= 0.6 is 11.6 Å². The molecule has 30 heavy (non-hydrogen) atoms. The number of halogens is 1. The second-order valence-corrected chi connectivity index (χ2v) is 6.76. The Morgan fingerprint density at radius 1 is 0.933 bits per heavy atom. The minimum atomic E-state index is -0.278. The van der Waals surface area contributed by atoms with Crippen LogP contribution in [-0.4, -0.2) is 20.1 Å². The van der Waals surface area contributed by atoms with E-state index in [1.165, 1.54) is 13.2 Å². The Morgan fingerprint density at radius 2 is 1.67 bits per heavy atom. The zero-order chi connectivity index (χ0) is 21.3. The Balaban J connectivity index is 1.63. The highest BCUT2D eigenvalue weighted by molar-refractivity contribution is 6.32. The van der Waals surface area contributed by atoms with E-state index in [2.05, 4.69) is 5.32 Å². The maximum Gasteiger partial charge on any atom is 0.248 e. The first-order valence-corrected chi connectivity index (χ1v) is 9.64. The van der Waals surface area contributed by atoms with Crippen molar-refractivity contribution >= 4 is 29.3 Å². The summed E-state index contributed by atoms with van der Waals surface area (Å²) >= 11 is 6.08. The third-order valence-corrected chi connectivity index (χ3v) is 4.57. The molecule has 5 nitrogen and oxygen atoms in total. The lowest BCUT2D eigenvalue weighted by Gasteiger charge is -2.11. The van der Waals surface area contributed by atoms with E-state index in [1.807, 2.05) is 48.5 Å². The van der Waals surface area contributed by atoms with Gasteiger partial charge in [0.2, 0.25) is 5.91 Å². The molecule has 6 heteroatoms. The molecule has 154 valence electrons. The van der Waals surface area contributed by atoms with Crippen LogP contribution in [0.5, 0.6) is 17.2 Å². The van der Waals surface area contributed by atoms with Crippen LogP contribution in [0, 0.1) is 0 Å². The summed E-state index contributed by atoms with van der Waals surface area (Å²) in [6.07, 6.45) is 3.14. The Hall–Kier alpha value is -3.44. The van der Waals surface area contributed by atoms with Gasteiger partial charge in [-0.05, 0) is 47.5 Å². The molecule has 1 N–H and O–H groups in total. The Morgan fingerprint density at radius 3 is 2.37 bits per heavy atom. The maximum atomic E-state index is 12.2. The summed E-state index contributed by atoms with van der Waals surface area (Å²) in [6, 6.07) is 20.4. The fourth-order valence-electron chi connectivity index (χ4n) is 2.74. The molecular formula is C24H22ClNO4. The fraction of sp³-hybridized carbons (Fsp3) is 0.125. The average molecular weight is 424 g/mol. The molecule has 3 rings (SSSR count). The quantitative estimate of drug-likeness (QED) is 0.480. The summed E-state index contributed by atoms with van der Waals surface area (Å²) in [5, 5.41) is 3.19. The van der Waals surface area contributed by atoms with Gasteiger partial charge in [-0.25, -0.2) is 0 Å². The van der Waals surface area contributed by atoms with Crippen LogP contribution in [0.1, 0.15) is 11.1 Å². The lowest BCUT2D eigenvalue weighted by atomic mass is 10.2. The van der Waals surface area contributed by atoms with Crippen molar-refractivity contribution in [3.8, 4) is 17.2 Å². The standard InChI is InChI=1S/C24H22ClNO4/c1-28-21-12-10-19(15-20(21)25)26-24(27)13-9-17-8-11-22(23(14-17)29-2)30-16-18-6-4-3-5-7-18/h3-15H,16H2,1-2H3,(H,26,27)/b13-9+. The topological polar surface area (TPSA) is 56.8 Å². The van der Waals surface area contributed by atoms with E-state index in [9.17, 15) is 4.79 Å². The number of amides is 1. The van der Waals surface area contributed by atoms with Crippen molar-refractivity contribution in [2.45, 2.75) is 6.61 Å². The second-order valence-electron chi connectivity index (χ2n) is 6.36. The van der Waals surface area contributed by atoms with Crippen LogP contribution in [0.3, 0.4) is 0 Å². The molecule has 3 aromatic carbocycles. The summed E-state index contributed by atoms with van der Waals surface area (Å²) in [5.41, 5.74) is 2.46. The van der Waals surface area contributed by atoms with Crippen LogP contribution in [0.15, 0.2) is 72.8 Å². The fourth-order valence-corrected chi connectivity index (χ4v) is 3.00. The number of carbonyl (C=O) groups excluding carboxylic acids is 1. The lowest BCUT2D eigenvalue weighted by Crippen LogP contribution is -2.07. The van der Waals surface area contributed by atoms with E-state index in [0.29, 0.717) is 34.6 Å². The number of ether oxygens (including phenoxy) is 3. The van der Waals surface area contributed by atoms with E-state index < -0.39 is 0 Å². The van der Waals surface area contributed by atoms with Gasteiger partial charge in [0, 0.05) is 11.8 Å². The Kier molecular flexibility index (Phi) is 7.35. The van der Waals surface area contributed by atoms with Gasteiger partial charge in [-0.15, -0.1) is 0 Å². The van der Waals surface area contributed by atoms with E-state index in [0.717, 1.165) is 11.1 Å². The Labute approximate surface area is 180 Å². The maximum absolute atomic E-state index is 12.2. The first-order chi connectivity index (χ1) is 14.6. The van der Waals surface area contributed by atoms with E-state index in [4.69, 9.17) is 25.8 Å². The van der Waals surface area contributed by atoms with Gasteiger partial charge in [0.15, 0.2) is 11.5 Å². The monoisotopic (exact) mass is 423 g/mol. The lowest BCUT2D eigenvalue weighted by molar-refractivity contribution is -0.111. The van der Waals surface area contributed by atoms with Crippen molar-refractivity contribution in [3.05, 3.63) is 89.0 Å². The van der Waals surface area contributed by atoms with Gasteiger partial charge in [-0.2, -0.15) is 0 Å². The third-order valence-electron chi connectivity index (χ3n) is 4.27. The van der Waals surface area contributed by atoms with Crippen molar-refractivity contribution in [1.29, 1.82) is 0 Å². The number of anilines is 1. The molecule has 0 bridgehead atoms. The molecule has 3 aromatic rings. The van der Waals surface area contributed by atoms with Crippen molar-refractivity contribution in [2.75, 3.05) is 19.5 Å². The summed E-state index contributed by atoms with van der Waals surface area (Å²) in [6.45, 7) is 0.444. The molecule has 0 aliphatic carbocycles. The van der Waals surface area contributed by atoms with Gasteiger partial charge >= 0.3 is 0 Å². The summed E-state index contributed by atoms with van der Waals surface area (Å²) in [4.78, 5) is 12.2. The highest BCUT2D eigenvalue weighted by atomic mass is 35.5. The van der Waals surface area contributed by atoms with Crippen LogP contribution in [0.4, 0.5) is 5.69 Å². The van der Waals surface area contributed by atoms with Crippen molar-refractivity contribution in [1.82, 2.24) is 0 Å². The van der Waals surface area contributed by atoms with Crippen molar-refractivity contribution < 1.29 is 19.0 Å².